The highest BCUT2D eigenvalue weighted by Crippen LogP contribution is 2.39. The summed E-state index contributed by atoms with van der Waals surface area (Å²) in [5, 5.41) is 0. The van der Waals surface area contributed by atoms with Crippen molar-refractivity contribution < 1.29 is 9.53 Å². The lowest BCUT2D eigenvalue weighted by Gasteiger charge is -2.36. The van der Waals surface area contributed by atoms with Crippen molar-refractivity contribution in [1.82, 2.24) is 0 Å². The molecule has 2 fully saturated rings. The van der Waals surface area contributed by atoms with Gasteiger partial charge in [-0.1, -0.05) is 26.2 Å². The van der Waals surface area contributed by atoms with Gasteiger partial charge in [0.1, 0.15) is 0 Å². The maximum atomic E-state index is 12.2. The molecule has 0 unspecified atom stereocenters. The second-order valence-electron chi connectivity index (χ2n) is 6.39. The summed E-state index contributed by atoms with van der Waals surface area (Å²) >= 11 is 0. The van der Waals surface area contributed by atoms with Crippen molar-refractivity contribution in [3.63, 3.8) is 0 Å². The summed E-state index contributed by atoms with van der Waals surface area (Å²) in [5.74, 6) is 1.50. The Morgan fingerprint density at radius 2 is 1.94 bits per heavy atom. The van der Waals surface area contributed by atoms with Crippen molar-refractivity contribution in [2.45, 2.75) is 58.3 Å². The smallest absolute Gasteiger partial charge is 0.313 e. The molecule has 0 bridgehead atoms. The molecule has 2 N–H and O–H groups in total. The topological polar surface area (TPSA) is 52.3 Å². The van der Waals surface area contributed by atoms with Gasteiger partial charge in [-0.05, 0) is 43.9 Å². The van der Waals surface area contributed by atoms with Gasteiger partial charge in [0.15, 0.2) is 0 Å². The molecule has 3 nitrogen and oxygen atoms in total. The molecule has 0 aliphatic heterocycles. The summed E-state index contributed by atoms with van der Waals surface area (Å²) in [6.45, 7) is 3.30. The maximum Gasteiger partial charge on any atom is 0.313 e. The minimum Gasteiger partial charge on any atom is -0.465 e. The zero-order valence-electron chi connectivity index (χ0n) is 11.6. The van der Waals surface area contributed by atoms with Crippen molar-refractivity contribution in [2.24, 2.45) is 23.0 Å². The predicted octanol–water partition coefficient (Wildman–Crippen LogP) is 2.88. The van der Waals surface area contributed by atoms with Crippen LogP contribution in [-0.4, -0.2) is 19.1 Å². The third-order valence-electron chi connectivity index (χ3n) is 5.04. The number of hydrogen-bond donors (Lipinski definition) is 1. The molecule has 0 aromatic heterocycles. The van der Waals surface area contributed by atoms with Crippen LogP contribution in [0.25, 0.3) is 0 Å². The van der Waals surface area contributed by atoms with Gasteiger partial charge >= 0.3 is 5.97 Å². The molecule has 0 atom stereocenters. The van der Waals surface area contributed by atoms with Gasteiger partial charge in [0.2, 0.25) is 0 Å². The van der Waals surface area contributed by atoms with Crippen LogP contribution < -0.4 is 5.73 Å². The molecule has 2 rings (SSSR count). The van der Waals surface area contributed by atoms with Gasteiger partial charge in [-0.15, -0.1) is 0 Å². The molecular formula is C15H27NO2. The van der Waals surface area contributed by atoms with Crippen LogP contribution in [0.5, 0.6) is 0 Å². The summed E-state index contributed by atoms with van der Waals surface area (Å²) in [5.41, 5.74) is 5.48. The Hall–Kier alpha value is -0.570. The molecule has 2 saturated carbocycles. The Kier molecular flexibility index (Phi) is 4.66. The quantitative estimate of drug-likeness (QED) is 0.766. The highest BCUT2D eigenvalue weighted by molar-refractivity contribution is 5.77. The van der Waals surface area contributed by atoms with Gasteiger partial charge in [-0.25, -0.2) is 0 Å². The molecule has 104 valence electrons. The molecule has 0 heterocycles. The van der Waals surface area contributed by atoms with E-state index in [1.165, 1.54) is 19.3 Å². The number of carbonyl (C=O) groups excluding carboxylic acids is 1. The lowest BCUT2D eigenvalue weighted by atomic mass is 9.71. The Balaban J connectivity index is 1.77. The van der Waals surface area contributed by atoms with Gasteiger partial charge in [-0.3, -0.25) is 4.79 Å². The minimum absolute atomic E-state index is 0.0313. The Morgan fingerprint density at radius 1 is 1.28 bits per heavy atom. The average Bonchev–Trinajstić information content (AvgIpc) is 2.33. The number of ether oxygens (including phenoxy) is 1. The van der Waals surface area contributed by atoms with Gasteiger partial charge in [0.05, 0.1) is 12.0 Å². The summed E-state index contributed by atoms with van der Waals surface area (Å²) in [4.78, 5) is 12.2. The SMILES string of the molecule is CC1CCC(CN)(C(=O)OCCC2CCC2)CC1. The van der Waals surface area contributed by atoms with Crippen LogP contribution in [0.3, 0.4) is 0 Å². The van der Waals surface area contributed by atoms with E-state index in [9.17, 15) is 4.79 Å². The predicted molar refractivity (Wildman–Crippen MR) is 72.0 cm³/mol. The fraction of sp³-hybridized carbons (Fsp3) is 0.933. The van der Waals surface area contributed by atoms with E-state index in [-0.39, 0.29) is 11.4 Å². The lowest BCUT2D eigenvalue weighted by Crippen LogP contribution is -2.43. The summed E-state index contributed by atoms with van der Waals surface area (Å²) < 4.78 is 5.50. The van der Waals surface area contributed by atoms with Crippen LogP contribution in [0.15, 0.2) is 0 Å². The van der Waals surface area contributed by atoms with Crippen molar-refractivity contribution in [3.05, 3.63) is 0 Å². The fourth-order valence-electron chi connectivity index (χ4n) is 3.06. The van der Waals surface area contributed by atoms with E-state index in [4.69, 9.17) is 10.5 Å². The highest BCUT2D eigenvalue weighted by atomic mass is 16.5. The minimum atomic E-state index is -0.369. The standard InChI is InChI=1S/C15H27NO2/c1-12-5-8-15(11-16,9-6-12)14(17)18-10-7-13-3-2-4-13/h12-13H,2-11,16H2,1H3. The number of esters is 1. The summed E-state index contributed by atoms with van der Waals surface area (Å²) in [6, 6.07) is 0. The van der Waals surface area contributed by atoms with E-state index in [1.807, 2.05) is 0 Å². The molecule has 18 heavy (non-hydrogen) atoms. The fourth-order valence-corrected chi connectivity index (χ4v) is 3.06. The second-order valence-corrected chi connectivity index (χ2v) is 6.39. The second kappa shape index (κ2) is 6.05. The third kappa shape index (κ3) is 3.05. The maximum absolute atomic E-state index is 12.2. The lowest BCUT2D eigenvalue weighted by molar-refractivity contribution is -0.158. The van der Waals surface area contributed by atoms with Crippen molar-refractivity contribution >= 4 is 5.97 Å². The molecule has 0 aromatic carbocycles. The van der Waals surface area contributed by atoms with Gasteiger partial charge in [-0.2, -0.15) is 0 Å². The zero-order valence-corrected chi connectivity index (χ0v) is 11.6. The largest absolute Gasteiger partial charge is 0.465 e. The first-order valence-corrected chi connectivity index (χ1v) is 7.53. The summed E-state index contributed by atoms with van der Waals surface area (Å²) in [7, 11) is 0. The first-order chi connectivity index (χ1) is 8.66. The third-order valence-corrected chi connectivity index (χ3v) is 5.04. The van der Waals surface area contributed by atoms with Crippen molar-refractivity contribution in [1.29, 1.82) is 0 Å². The van der Waals surface area contributed by atoms with E-state index in [2.05, 4.69) is 6.92 Å². The molecule has 0 amide bonds. The van der Waals surface area contributed by atoms with Crippen LogP contribution >= 0.6 is 0 Å². The molecule has 3 heteroatoms. The van der Waals surface area contributed by atoms with Gasteiger partial charge < -0.3 is 10.5 Å². The van der Waals surface area contributed by atoms with Crippen LogP contribution in [0, 0.1) is 17.3 Å². The number of hydrogen-bond acceptors (Lipinski definition) is 3. The molecule has 0 aromatic rings. The van der Waals surface area contributed by atoms with E-state index in [0.717, 1.165) is 43.9 Å². The molecule has 2 aliphatic carbocycles. The van der Waals surface area contributed by atoms with Gasteiger partial charge in [0, 0.05) is 6.54 Å². The first kappa shape index (κ1) is 13.9. The number of rotatable bonds is 5. The molecule has 2 aliphatic rings. The monoisotopic (exact) mass is 253 g/mol. The number of nitrogens with two attached hydrogens (primary N) is 1. The Bertz CT molecular complexity index is 278. The van der Waals surface area contributed by atoms with E-state index >= 15 is 0 Å². The van der Waals surface area contributed by atoms with Gasteiger partial charge in [0.25, 0.3) is 0 Å². The Morgan fingerprint density at radius 3 is 2.44 bits per heavy atom. The van der Waals surface area contributed by atoms with Crippen LogP contribution in [-0.2, 0) is 9.53 Å². The normalized spacial score (nSPS) is 32.9. The highest BCUT2D eigenvalue weighted by Gasteiger charge is 2.41. The van der Waals surface area contributed by atoms with Crippen LogP contribution in [0.4, 0.5) is 0 Å². The number of carbonyl (C=O) groups is 1. The van der Waals surface area contributed by atoms with E-state index in [1.54, 1.807) is 0 Å². The van der Waals surface area contributed by atoms with Crippen molar-refractivity contribution in [2.75, 3.05) is 13.2 Å². The first-order valence-electron chi connectivity index (χ1n) is 7.53. The molecular weight excluding hydrogens is 226 g/mol. The van der Waals surface area contributed by atoms with Crippen molar-refractivity contribution in [3.8, 4) is 0 Å². The molecule has 0 radical (unpaired) electrons. The van der Waals surface area contributed by atoms with E-state index in [0.29, 0.717) is 13.2 Å². The van der Waals surface area contributed by atoms with Crippen LogP contribution in [0.2, 0.25) is 0 Å². The average molecular weight is 253 g/mol. The zero-order chi connectivity index (χ0) is 13.0. The van der Waals surface area contributed by atoms with Crippen LogP contribution in [0.1, 0.15) is 58.3 Å². The van der Waals surface area contributed by atoms with E-state index < -0.39 is 0 Å². The Labute approximate surface area is 110 Å². The molecule has 0 saturated heterocycles. The summed E-state index contributed by atoms with van der Waals surface area (Å²) in [6.07, 6.45) is 9.06. The molecule has 0 spiro atoms.